The van der Waals surface area contributed by atoms with Crippen LogP contribution in [0.25, 0.3) is 0 Å². The van der Waals surface area contributed by atoms with Crippen molar-refractivity contribution in [2.75, 3.05) is 7.11 Å². The van der Waals surface area contributed by atoms with Crippen molar-refractivity contribution in [1.29, 1.82) is 5.26 Å². The number of nitriles is 1. The van der Waals surface area contributed by atoms with Crippen LogP contribution in [0.2, 0.25) is 0 Å². The molecule has 0 radical (unpaired) electrons. The van der Waals surface area contributed by atoms with E-state index in [0.29, 0.717) is 5.75 Å². The number of ether oxygens (including phenoxy) is 2. The molecule has 1 rings (SSSR count). The maximum absolute atomic E-state index is 10.9. The van der Waals surface area contributed by atoms with Gasteiger partial charge in [-0.05, 0) is 25.1 Å². The Labute approximate surface area is 92.8 Å². The van der Waals surface area contributed by atoms with Crippen molar-refractivity contribution < 1.29 is 19.4 Å². The SMILES string of the molecule is COc1ccc(OC(C)C#N)c(C(=O)O)c1. The first kappa shape index (κ1) is 11.9. The van der Waals surface area contributed by atoms with E-state index in [0.717, 1.165) is 0 Å². The van der Waals surface area contributed by atoms with Crippen molar-refractivity contribution in [2.24, 2.45) is 0 Å². The van der Waals surface area contributed by atoms with E-state index in [-0.39, 0.29) is 11.3 Å². The molecule has 1 atom stereocenters. The Kier molecular flexibility index (Phi) is 3.72. The molecule has 5 nitrogen and oxygen atoms in total. The highest BCUT2D eigenvalue weighted by molar-refractivity contribution is 5.91. The summed E-state index contributed by atoms with van der Waals surface area (Å²) in [6, 6.07) is 6.25. The van der Waals surface area contributed by atoms with E-state index < -0.39 is 12.1 Å². The van der Waals surface area contributed by atoms with Crippen molar-refractivity contribution in [2.45, 2.75) is 13.0 Å². The Hall–Kier alpha value is -2.22. The molecule has 1 aromatic carbocycles. The predicted molar refractivity (Wildman–Crippen MR) is 55.7 cm³/mol. The number of carboxylic acids is 1. The molecule has 0 saturated carbocycles. The minimum Gasteiger partial charge on any atom is -0.497 e. The maximum Gasteiger partial charge on any atom is 0.339 e. The van der Waals surface area contributed by atoms with E-state index in [2.05, 4.69) is 0 Å². The first-order valence-electron chi connectivity index (χ1n) is 4.56. The van der Waals surface area contributed by atoms with E-state index in [9.17, 15) is 4.79 Å². The highest BCUT2D eigenvalue weighted by atomic mass is 16.5. The van der Waals surface area contributed by atoms with Crippen LogP contribution >= 0.6 is 0 Å². The standard InChI is InChI=1S/C11H11NO4/c1-7(6-12)16-10-4-3-8(15-2)5-9(10)11(13)14/h3-5,7H,1-2H3,(H,13,14). The number of aromatic carboxylic acids is 1. The Morgan fingerprint density at radius 2 is 2.25 bits per heavy atom. The van der Waals surface area contributed by atoms with Gasteiger partial charge in [0.05, 0.1) is 7.11 Å². The second-order valence-corrected chi connectivity index (χ2v) is 3.06. The molecule has 0 aliphatic rings. The summed E-state index contributed by atoms with van der Waals surface area (Å²) < 4.78 is 10.1. The molecule has 1 aromatic rings. The van der Waals surface area contributed by atoms with Gasteiger partial charge in [0, 0.05) is 0 Å². The van der Waals surface area contributed by atoms with Crippen molar-refractivity contribution >= 4 is 5.97 Å². The molecule has 0 bridgehead atoms. The normalized spacial score (nSPS) is 11.3. The van der Waals surface area contributed by atoms with Gasteiger partial charge in [-0.15, -0.1) is 0 Å². The van der Waals surface area contributed by atoms with Gasteiger partial charge in [0.15, 0.2) is 6.10 Å². The quantitative estimate of drug-likeness (QED) is 0.836. The Balaban J connectivity index is 3.09. The molecule has 0 aromatic heterocycles. The van der Waals surface area contributed by atoms with Crippen LogP contribution in [0.1, 0.15) is 17.3 Å². The fourth-order valence-corrected chi connectivity index (χ4v) is 1.12. The smallest absolute Gasteiger partial charge is 0.339 e. The van der Waals surface area contributed by atoms with Crippen LogP contribution < -0.4 is 9.47 Å². The van der Waals surface area contributed by atoms with Crippen LogP contribution in [0.15, 0.2) is 18.2 Å². The fraction of sp³-hybridized carbons (Fsp3) is 0.273. The molecule has 1 unspecified atom stereocenters. The van der Waals surface area contributed by atoms with E-state index in [1.807, 2.05) is 6.07 Å². The Morgan fingerprint density at radius 1 is 1.56 bits per heavy atom. The van der Waals surface area contributed by atoms with E-state index in [1.165, 1.54) is 26.2 Å². The van der Waals surface area contributed by atoms with Gasteiger partial charge in [-0.25, -0.2) is 4.79 Å². The molecule has 0 heterocycles. The summed E-state index contributed by atoms with van der Waals surface area (Å²) in [5, 5.41) is 17.5. The van der Waals surface area contributed by atoms with Crippen LogP contribution in [-0.2, 0) is 0 Å². The summed E-state index contributed by atoms with van der Waals surface area (Å²) in [6.07, 6.45) is -0.702. The van der Waals surface area contributed by atoms with Gasteiger partial charge in [-0.3, -0.25) is 0 Å². The van der Waals surface area contributed by atoms with Crippen LogP contribution in [0.4, 0.5) is 0 Å². The number of hydrogen-bond acceptors (Lipinski definition) is 4. The molecular weight excluding hydrogens is 210 g/mol. The number of methoxy groups -OCH3 is 1. The molecule has 84 valence electrons. The number of carbonyl (C=O) groups is 1. The number of nitrogens with zero attached hydrogens (tertiary/aromatic N) is 1. The second kappa shape index (κ2) is 5.03. The van der Waals surface area contributed by atoms with Gasteiger partial charge in [0.25, 0.3) is 0 Å². The third-order valence-corrected chi connectivity index (χ3v) is 1.90. The summed E-state index contributed by atoms with van der Waals surface area (Å²) in [4.78, 5) is 10.9. The molecule has 5 heteroatoms. The first-order valence-corrected chi connectivity index (χ1v) is 4.56. The van der Waals surface area contributed by atoms with Crippen LogP contribution in [0, 0.1) is 11.3 Å². The van der Waals surface area contributed by atoms with Crippen LogP contribution in [0.3, 0.4) is 0 Å². The van der Waals surface area contributed by atoms with E-state index in [4.69, 9.17) is 19.8 Å². The zero-order chi connectivity index (χ0) is 12.1. The lowest BCUT2D eigenvalue weighted by atomic mass is 10.2. The van der Waals surface area contributed by atoms with Crippen molar-refractivity contribution in [3.63, 3.8) is 0 Å². The number of hydrogen-bond donors (Lipinski definition) is 1. The minimum atomic E-state index is -1.13. The number of rotatable bonds is 4. The molecule has 1 N–H and O–H groups in total. The van der Waals surface area contributed by atoms with Gasteiger partial charge < -0.3 is 14.6 Å². The van der Waals surface area contributed by atoms with Crippen molar-refractivity contribution in [3.8, 4) is 17.6 Å². The summed E-state index contributed by atoms with van der Waals surface area (Å²) in [7, 11) is 1.44. The molecular formula is C11H11NO4. The summed E-state index contributed by atoms with van der Waals surface area (Å²) >= 11 is 0. The molecule has 16 heavy (non-hydrogen) atoms. The monoisotopic (exact) mass is 221 g/mol. The summed E-state index contributed by atoms with van der Waals surface area (Å²) in [5.41, 5.74) is -0.0264. The lowest BCUT2D eigenvalue weighted by Gasteiger charge is -2.11. The number of benzene rings is 1. The third kappa shape index (κ3) is 2.64. The first-order chi connectivity index (χ1) is 7.58. The largest absolute Gasteiger partial charge is 0.497 e. The van der Waals surface area contributed by atoms with Gasteiger partial charge in [-0.1, -0.05) is 0 Å². The topological polar surface area (TPSA) is 79.5 Å². The molecule has 0 aliphatic heterocycles. The Bertz CT molecular complexity index is 436. The molecule has 0 spiro atoms. The average molecular weight is 221 g/mol. The molecule has 0 fully saturated rings. The molecule has 0 aliphatic carbocycles. The lowest BCUT2D eigenvalue weighted by molar-refractivity contribution is 0.0691. The van der Waals surface area contributed by atoms with Gasteiger partial charge in [0.2, 0.25) is 0 Å². The average Bonchev–Trinajstić information content (AvgIpc) is 2.29. The Morgan fingerprint density at radius 3 is 2.75 bits per heavy atom. The van der Waals surface area contributed by atoms with Gasteiger partial charge >= 0.3 is 5.97 Å². The molecule has 0 amide bonds. The van der Waals surface area contributed by atoms with E-state index in [1.54, 1.807) is 6.07 Å². The zero-order valence-electron chi connectivity index (χ0n) is 8.93. The minimum absolute atomic E-state index is 0.0264. The van der Waals surface area contributed by atoms with Crippen molar-refractivity contribution in [1.82, 2.24) is 0 Å². The van der Waals surface area contributed by atoms with Gasteiger partial charge in [0.1, 0.15) is 23.1 Å². The van der Waals surface area contributed by atoms with Gasteiger partial charge in [-0.2, -0.15) is 5.26 Å². The highest BCUT2D eigenvalue weighted by Gasteiger charge is 2.14. The second-order valence-electron chi connectivity index (χ2n) is 3.06. The van der Waals surface area contributed by atoms with Crippen LogP contribution in [0.5, 0.6) is 11.5 Å². The molecule has 0 saturated heterocycles. The summed E-state index contributed by atoms with van der Waals surface area (Å²) in [5.74, 6) is -0.546. The number of carboxylic acid groups (broad SMARTS) is 1. The third-order valence-electron chi connectivity index (χ3n) is 1.90. The highest BCUT2D eigenvalue weighted by Crippen LogP contribution is 2.24. The fourth-order valence-electron chi connectivity index (χ4n) is 1.12. The lowest BCUT2D eigenvalue weighted by Crippen LogP contribution is -2.11. The van der Waals surface area contributed by atoms with Crippen LogP contribution in [-0.4, -0.2) is 24.3 Å². The summed E-state index contributed by atoms with van der Waals surface area (Å²) in [6.45, 7) is 1.54. The predicted octanol–water partition coefficient (Wildman–Crippen LogP) is 1.68. The maximum atomic E-state index is 10.9. The van der Waals surface area contributed by atoms with E-state index >= 15 is 0 Å². The zero-order valence-corrected chi connectivity index (χ0v) is 8.93. The van der Waals surface area contributed by atoms with Crippen molar-refractivity contribution in [3.05, 3.63) is 23.8 Å².